The van der Waals surface area contributed by atoms with Crippen LogP contribution in [0.1, 0.15) is 31.0 Å². The van der Waals surface area contributed by atoms with Crippen molar-refractivity contribution in [3.8, 4) is 0 Å². The molecule has 1 aromatic carbocycles. The first-order chi connectivity index (χ1) is 13.1. The number of hydrogen-bond donors (Lipinski definition) is 1. The molecule has 1 amide bonds. The first-order valence-electron chi connectivity index (χ1n) is 8.85. The van der Waals surface area contributed by atoms with Gasteiger partial charge >= 0.3 is 0 Å². The first-order valence-corrected chi connectivity index (χ1v) is 9.61. The zero-order valence-electron chi connectivity index (χ0n) is 14.3. The standard InChI is InChI=1S/C18H16Cl2N6O/c19-12-4-3-11(9-13(12)20)25-8-7-14(18(25)27)21-15-5-6-16-22-23-17(10-1-2-10)26(16)24-15/h3-6,9-10,14H,1-2,7-8H2,(H,21,24). The number of nitrogens with zero attached hydrogens (tertiary/aromatic N) is 5. The summed E-state index contributed by atoms with van der Waals surface area (Å²) in [6.07, 6.45) is 2.93. The van der Waals surface area contributed by atoms with Gasteiger partial charge in [0, 0.05) is 18.2 Å². The monoisotopic (exact) mass is 402 g/mol. The van der Waals surface area contributed by atoms with E-state index in [9.17, 15) is 4.79 Å². The fraction of sp³-hybridized carbons (Fsp3) is 0.333. The van der Waals surface area contributed by atoms with Crippen molar-refractivity contribution in [1.82, 2.24) is 19.8 Å². The van der Waals surface area contributed by atoms with Crippen molar-refractivity contribution in [1.29, 1.82) is 0 Å². The maximum absolute atomic E-state index is 12.8. The SMILES string of the molecule is O=C1C(Nc2ccc3nnc(C4CC4)n3n2)CCN1c1ccc(Cl)c(Cl)c1. The van der Waals surface area contributed by atoms with Crippen LogP contribution in [0.5, 0.6) is 0 Å². The quantitative estimate of drug-likeness (QED) is 0.722. The van der Waals surface area contributed by atoms with Gasteiger partial charge in [-0.3, -0.25) is 4.79 Å². The third kappa shape index (κ3) is 3.00. The van der Waals surface area contributed by atoms with Crippen LogP contribution in [-0.2, 0) is 4.79 Å². The number of benzene rings is 1. The summed E-state index contributed by atoms with van der Waals surface area (Å²) in [6.45, 7) is 0.608. The Balaban J connectivity index is 1.36. The van der Waals surface area contributed by atoms with Gasteiger partial charge in [0.1, 0.15) is 11.9 Å². The van der Waals surface area contributed by atoms with E-state index in [4.69, 9.17) is 23.2 Å². The van der Waals surface area contributed by atoms with Crippen LogP contribution in [-0.4, -0.2) is 38.3 Å². The van der Waals surface area contributed by atoms with Gasteiger partial charge in [-0.2, -0.15) is 4.52 Å². The lowest BCUT2D eigenvalue weighted by Gasteiger charge is -2.18. The highest BCUT2D eigenvalue weighted by Gasteiger charge is 2.33. The van der Waals surface area contributed by atoms with Gasteiger partial charge in [0.25, 0.3) is 0 Å². The van der Waals surface area contributed by atoms with Gasteiger partial charge in [-0.05, 0) is 49.6 Å². The van der Waals surface area contributed by atoms with E-state index in [1.807, 2.05) is 12.1 Å². The van der Waals surface area contributed by atoms with E-state index in [-0.39, 0.29) is 11.9 Å². The van der Waals surface area contributed by atoms with Crippen molar-refractivity contribution >= 4 is 46.3 Å². The average Bonchev–Trinajstić information content (AvgIpc) is 3.33. The molecule has 7 nitrogen and oxygen atoms in total. The normalized spacial score (nSPS) is 19.9. The van der Waals surface area contributed by atoms with Crippen LogP contribution < -0.4 is 10.2 Å². The Morgan fingerprint density at radius 1 is 1.04 bits per heavy atom. The third-order valence-electron chi connectivity index (χ3n) is 4.97. The number of aromatic nitrogens is 4. The summed E-state index contributed by atoms with van der Waals surface area (Å²) in [5, 5.41) is 17.1. The van der Waals surface area contributed by atoms with Crippen LogP contribution in [0.15, 0.2) is 30.3 Å². The van der Waals surface area contributed by atoms with Gasteiger partial charge in [0.05, 0.1) is 10.0 Å². The lowest BCUT2D eigenvalue weighted by molar-refractivity contribution is -0.117. The minimum absolute atomic E-state index is 0.0125. The maximum atomic E-state index is 12.8. The third-order valence-corrected chi connectivity index (χ3v) is 5.71. The van der Waals surface area contributed by atoms with E-state index in [1.54, 1.807) is 27.6 Å². The van der Waals surface area contributed by atoms with Gasteiger partial charge in [-0.1, -0.05) is 23.2 Å². The lowest BCUT2D eigenvalue weighted by Crippen LogP contribution is -2.33. The minimum Gasteiger partial charge on any atom is -0.357 e. The molecule has 1 saturated heterocycles. The lowest BCUT2D eigenvalue weighted by atomic mass is 10.2. The molecule has 138 valence electrons. The molecule has 2 fully saturated rings. The topological polar surface area (TPSA) is 75.4 Å². The van der Waals surface area contributed by atoms with Crippen LogP contribution in [0, 0.1) is 0 Å². The minimum atomic E-state index is -0.342. The number of anilines is 2. The molecule has 1 unspecified atom stereocenters. The fourth-order valence-corrected chi connectivity index (χ4v) is 3.67. The summed E-state index contributed by atoms with van der Waals surface area (Å²) in [6, 6.07) is 8.57. The summed E-state index contributed by atoms with van der Waals surface area (Å²) >= 11 is 12.1. The first kappa shape index (κ1) is 16.8. The zero-order valence-corrected chi connectivity index (χ0v) is 15.8. The Kier molecular flexibility index (Phi) is 3.94. The number of amides is 1. The summed E-state index contributed by atoms with van der Waals surface area (Å²) in [5.74, 6) is 1.96. The number of nitrogens with one attached hydrogen (secondary N) is 1. The van der Waals surface area contributed by atoms with Gasteiger partial charge < -0.3 is 10.2 Å². The molecule has 0 radical (unpaired) electrons. The zero-order chi connectivity index (χ0) is 18.5. The highest BCUT2D eigenvalue weighted by Crippen LogP contribution is 2.38. The molecule has 9 heteroatoms. The van der Waals surface area contributed by atoms with Crippen LogP contribution in [0.3, 0.4) is 0 Å². The van der Waals surface area contributed by atoms with Crippen molar-refractivity contribution in [2.24, 2.45) is 0 Å². The summed E-state index contributed by atoms with van der Waals surface area (Å²) in [4.78, 5) is 14.5. The predicted octanol–water partition coefficient (Wildman–Crippen LogP) is 3.53. The number of rotatable bonds is 4. The Morgan fingerprint density at radius 3 is 2.67 bits per heavy atom. The van der Waals surface area contributed by atoms with Crippen LogP contribution in [0.2, 0.25) is 10.0 Å². The van der Waals surface area contributed by atoms with Crippen molar-refractivity contribution in [3.05, 3.63) is 46.2 Å². The summed E-state index contributed by atoms with van der Waals surface area (Å²) < 4.78 is 1.77. The number of carbonyl (C=O) groups excluding carboxylic acids is 1. The molecule has 5 rings (SSSR count). The van der Waals surface area contributed by atoms with E-state index in [2.05, 4.69) is 20.6 Å². The molecule has 1 N–H and O–H groups in total. The summed E-state index contributed by atoms with van der Waals surface area (Å²) in [7, 11) is 0. The number of fused-ring (bicyclic) bond motifs is 1. The maximum Gasteiger partial charge on any atom is 0.249 e. The summed E-state index contributed by atoms with van der Waals surface area (Å²) in [5.41, 5.74) is 1.47. The molecule has 1 saturated carbocycles. The van der Waals surface area contributed by atoms with E-state index in [1.165, 1.54) is 0 Å². The molecule has 1 atom stereocenters. The highest BCUT2D eigenvalue weighted by atomic mass is 35.5. The van der Waals surface area contributed by atoms with Crippen molar-refractivity contribution in [2.45, 2.75) is 31.2 Å². The Bertz CT molecular complexity index is 1050. The van der Waals surface area contributed by atoms with Crippen LogP contribution in [0.4, 0.5) is 11.5 Å². The van der Waals surface area contributed by atoms with Gasteiger partial charge in [0.15, 0.2) is 11.5 Å². The van der Waals surface area contributed by atoms with Crippen molar-refractivity contribution in [2.75, 3.05) is 16.8 Å². The van der Waals surface area contributed by atoms with Gasteiger partial charge in [0.2, 0.25) is 5.91 Å². The molecular formula is C18H16Cl2N6O. The smallest absolute Gasteiger partial charge is 0.249 e. The molecule has 3 aromatic rings. The molecule has 3 heterocycles. The molecule has 1 aliphatic heterocycles. The van der Waals surface area contributed by atoms with Crippen LogP contribution in [0.25, 0.3) is 5.65 Å². The molecule has 1 aliphatic carbocycles. The molecule has 2 aromatic heterocycles. The Hall–Kier alpha value is -2.38. The van der Waals surface area contributed by atoms with Crippen molar-refractivity contribution in [3.63, 3.8) is 0 Å². The van der Waals surface area contributed by atoms with E-state index < -0.39 is 0 Å². The second kappa shape index (κ2) is 6.35. The van der Waals surface area contributed by atoms with Crippen LogP contribution >= 0.6 is 23.2 Å². The predicted molar refractivity (Wildman–Crippen MR) is 104 cm³/mol. The molecule has 0 spiro atoms. The average molecular weight is 403 g/mol. The second-order valence-corrected chi connectivity index (χ2v) is 7.71. The number of carbonyl (C=O) groups is 1. The molecule has 0 bridgehead atoms. The second-order valence-electron chi connectivity index (χ2n) is 6.89. The molecule has 2 aliphatic rings. The van der Waals surface area contributed by atoms with E-state index in [0.717, 1.165) is 30.0 Å². The number of hydrogen-bond acceptors (Lipinski definition) is 5. The van der Waals surface area contributed by atoms with Crippen molar-refractivity contribution < 1.29 is 4.79 Å². The largest absolute Gasteiger partial charge is 0.357 e. The van der Waals surface area contributed by atoms with Gasteiger partial charge in [-0.15, -0.1) is 15.3 Å². The molecule has 27 heavy (non-hydrogen) atoms. The Morgan fingerprint density at radius 2 is 1.89 bits per heavy atom. The molecular weight excluding hydrogens is 387 g/mol. The Labute approximate surface area is 165 Å². The van der Waals surface area contributed by atoms with E-state index >= 15 is 0 Å². The van der Waals surface area contributed by atoms with Gasteiger partial charge in [-0.25, -0.2) is 0 Å². The fourth-order valence-electron chi connectivity index (χ4n) is 3.38. The number of halogens is 2. The highest BCUT2D eigenvalue weighted by molar-refractivity contribution is 6.42. The van der Waals surface area contributed by atoms with E-state index in [0.29, 0.717) is 34.7 Å².